The molecule has 0 radical (unpaired) electrons. The molecule has 2 aliphatic rings. The number of nitrogen functional groups attached to an aromatic ring is 1. The fourth-order valence-corrected chi connectivity index (χ4v) is 7.68. The molecule has 16 heteroatoms. The predicted octanol–water partition coefficient (Wildman–Crippen LogP) is 5.31. The van der Waals surface area contributed by atoms with Gasteiger partial charge in [-0.1, -0.05) is 51.1 Å². The number of nitrogens with one attached hydrogen (secondary N) is 2. The van der Waals surface area contributed by atoms with Crippen LogP contribution in [0.4, 0.5) is 31.0 Å². The van der Waals surface area contributed by atoms with Crippen LogP contribution < -0.4 is 21.3 Å². The highest BCUT2D eigenvalue weighted by atomic mass is 32.2. The minimum atomic E-state index is -3.90. The number of sulfonamides is 1. The van der Waals surface area contributed by atoms with Crippen LogP contribution in [0.25, 0.3) is 0 Å². The van der Waals surface area contributed by atoms with Crippen molar-refractivity contribution in [3.8, 4) is 0 Å². The minimum absolute atomic E-state index is 0.0126. The summed E-state index contributed by atoms with van der Waals surface area (Å²) in [5.41, 5.74) is 7.79. The monoisotopic (exact) mass is 785 g/mol. The van der Waals surface area contributed by atoms with Crippen molar-refractivity contribution >= 4 is 45.2 Å². The van der Waals surface area contributed by atoms with E-state index in [1.54, 1.807) is 20.8 Å². The highest BCUT2D eigenvalue weighted by molar-refractivity contribution is 7.89. The number of carbonyl (C=O) groups excluding carboxylic acids is 3. The Morgan fingerprint density at radius 2 is 1.76 bits per heavy atom. The van der Waals surface area contributed by atoms with Crippen LogP contribution in [0.15, 0.2) is 77.7 Å². The molecule has 2 heterocycles. The molecule has 0 aliphatic carbocycles. The molecule has 3 amide bonds. The third kappa shape index (κ3) is 12.1. The molecule has 0 saturated carbocycles. The molecular weight excluding hydrogens is 734 g/mol. The smallest absolute Gasteiger partial charge is 0.415 e. The van der Waals surface area contributed by atoms with Crippen molar-refractivity contribution in [1.82, 2.24) is 9.62 Å². The number of nitrogens with two attached hydrogens (primary N) is 1. The normalized spacial score (nSPS) is 17.9. The molecule has 0 bridgehead atoms. The summed E-state index contributed by atoms with van der Waals surface area (Å²) in [6.07, 6.45) is -1.84. The Morgan fingerprint density at radius 1 is 1.07 bits per heavy atom. The Labute approximate surface area is 322 Å². The molecule has 0 spiro atoms. The Balaban J connectivity index is 0.000000284. The molecular formula is C39H52FN5O9S. The summed E-state index contributed by atoms with van der Waals surface area (Å²) in [4.78, 5) is 38.1. The Hall–Kier alpha value is -4.77. The van der Waals surface area contributed by atoms with E-state index in [1.807, 2.05) is 44.2 Å². The second kappa shape index (κ2) is 19.7. The average Bonchev–Trinajstić information content (AvgIpc) is 3.64. The number of alkyl carbamates (subject to hydrolysis) is 1. The number of ether oxygens (including phenoxy) is 3. The molecule has 0 aromatic heterocycles. The molecule has 55 heavy (non-hydrogen) atoms. The highest BCUT2D eigenvalue weighted by Gasteiger charge is 2.37. The van der Waals surface area contributed by atoms with Crippen molar-refractivity contribution in [2.45, 2.75) is 89.2 Å². The number of nitrogens with zero attached hydrogens (tertiary/aromatic N) is 2. The standard InChI is InChI=1S/C25H35N3O6S.C14H17FN2O3/c1-18(2)15-28(35(31,32)22-10-8-20(26)9-11-22)16-24(29)23(14-19-6-4-3-5-7-19)27-25(30)34-21-12-13-33-17-21;1-4-11-13(18)16-10-6-5-9(15)7-12(10)17(11)14(19)20-8(2)3/h3-11,18,21,23-24,29H,12-17,26H2,1-2H3,(H,27,30);5-8,11H,4H2,1-3H3,(H,16,18)/t21-,23-,24+;11-/m00/s1. The third-order valence-corrected chi connectivity index (χ3v) is 10.6. The maximum atomic E-state index is 13.4. The van der Waals surface area contributed by atoms with Gasteiger partial charge in [-0.15, -0.1) is 0 Å². The summed E-state index contributed by atoms with van der Waals surface area (Å²) in [6.45, 7) is 9.88. The van der Waals surface area contributed by atoms with E-state index in [4.69, 9.17) is 19.9 Å². The number of hydrogen-bond donors (Lipinski definition) is 4. The van der Waals surface area contributed by atoms with Crippen LogP contribution in [0, 0.1) is 11.7 Å². The number of aliphatic hydroxyl groups excluding tert-OH is 1. The largest absolute Gasteiger partial charge is 0.446 e. The highest BCUT2D eigenvalue weighted by Crippen LogP contribution is 2.34. The summed E-state index contributed by atoms with van der Waals surface area (Å²) in [7, 11) is -3.90. The SMILES string of the molecule is CC(C)CN(C[C@@H](O)[C@H](Cc1ccccc1)NC(=O)O[C@H]1CCOC1)S(=O)(=O)c1ccc(N)cc1.CC[C@H]1C(=O)Nc2ccc(F)cc2N1C(=O)OC(C)C. The van der Waals surface area contributed by atoms with Gasteiger partial charge in [0.15, 0.2) is 0 Å². The number of anilines is 3. The van der Waals surface area contributed by atoms with Crippen LogP contribution in [0.1, 0.15) is 53.0 Å². The lowest BCUT2D eigenvalue weighted by Crippen LogP contribution is -2.51. The maximum Gasteiger partial charge on any atom is 0.415 e. The predicted molar refractivity (Wildman–Crippen MR) is 206 cm³/mol. The second-order valence-corrected chi connectivity index (χ2v) is 16.0. The Morgan fingerprint density at radius 3 is 2.36 bits per heavy atom. The molecule has 3 aromatic carbocycles. The lowest BCUT2D eigenvalue weighted by Gasteiger charge is -2.35. The first kappa shape index (κ1) is 43.0. The quantitative estimate of drug-likeness (QED) is 0.165. The van der Waals surface area contributed by atoms with E-state index in [2.05, 4.69) is 10.6 Å². The van der Waals surface area contributed by atoms with Gasteiger partial charge in [0.05, 0.1) is 47.7 Å². The first-order valence-corrected chi connectivity index (χ1v) is 19.8. The van der Waals surface area contributed by atoms with Crippen molar-refractivity contribution in [2.75, 3.05) is 42.3 Å². The maximum absolute atomic E-state index is 13.4. The van der Waals surface area contributed by atoms with Gasteiger partial charge in [-0.05, 0) is 80.6 Å². The number of fused-ring (bicyclic) bond motifs is 1. The van der Waals surface area contributed by atoms with E-state index in [9.17, 15) is 32.3 Å². The summed E-state index contributed by atoms with van der Waals surface area (Å²) < 4.78 is 57.3. The van der Waals surface area contributed by atoms with Crippen LogP contribution in [-0.2, 0) is 35.4 Å². The Kier molecular flexibility index (Phi) is 15.4. The third-order valence-electron chi connectivity index (χ3n) is 8.72. The molecule has 5 N–H and O–H groups in total. The van der Waals surface area contributed by atoms with Crippen LogP contribution in [-0.4, -0.2) is 92.6 Å². The fraction of sp³-hybridized carbons (Fsp3) is 0.462. The van der Waals surface area contributed by atoms with E-state index in [0.717, 1.165) is 5.56 Å². The fourth-order valence-electron chi connectivity index (χ4n) is 6.06. The second-order valence-electron chi connectivity index (χ2n) is 14.1. The van der Waals surface area contributed by atoms with Gasteiger partial charge < -0.3 is 35.7 Å². The summed E-state index contributed by atoms with van der Waals surface area (Å²) >= 11 is 0. The van der Waals surface area contributed by atoms with Crippen molar-refractivity contribution < 1.29 is 46.5 Å². The van der Waals surface area contributed by atoms with Gasteiger partial charge in [0.1, 0.15) is 18.0 Å². The van der Waals surface area contributed by atoms with E-state index >= 15 is 0 Å². The van der Waals surface area contributed by atoms with Gasteiger partial charge in [-0.25, -0.2) is 22.4 Å². The van der Waals surface area contributed by atoms with E-state index < -0.39 is 46.2 Å². The number of benzene rings is 3. The van der Waals surface area contributed by atoms with Crippen LogP contribution >= 0.6 is 0 Å². The molecule has 1 saturated heterocycles. The molecule has 0 unspecified atom stereocenters. The number of halogens is 1. The molecule has 1 fully saturated rings. The van der Waals surface area contributed by atoms with Crippen molar-refractivity contribution in [3.05, 3.63) is 84.2 Å². The Bertz CT molecular complexity index is 1840. The molecule has 3 aromatic rings. The zero-order valence-corrected chi connectivity index (χ0v) is 32.6. The number of rotatable bonds is 13. The van der Waals surface area contributed by atoms with Crippen molar-refractivity contribution in [1.29, 1.82) is 0 Å². The van der Waals surface area contributed by atoms with Crippen LogP contribution in [0.2, 0.25) is 0 Å². The van der Waals surface area contributed by atoms with Crippen molar-refractivity contribution in [3.63, 3.8) is 0 Å². The van der Waals surface area contributed by atoms with E-state index in [-0.39, 0.29) is 42.0 Å². The van der Waals surface area contributed by atoms with E-state index in [1.165, 1.54) is 51.7 Å². The van der Waals surface area contributed by atoms with Crippen LogP contribution in [0.3, 0.4) is 0 Å². The average molecular weight is 786 g/mol. The number of aliphatic hydroxyl groups is 1. The first-order chi connectivity index (χ1) is 26.1. The van der Waals surface area contributed by atoms with Gasteiger partial charge in [0.2, 0.25) is 15.9 Å². The van der Waals surface area contributed by atoms with Gasteiger partial charge in [0.25, 0.3) is 0 Å². The summed E-state index contributed by atoms with van der Waals surface area (Å²) in [5, 5.41) is 16.6. The number of carbonyl (C=O) groups is 3. The van der Waals surface area contributed by atoms with Gasteiger partial charge in [0, 0.05) is 25.2 Å². The number of hydrogen-bond acceptors (Lipinski definition) is 10. The first-order valence-electron chi connectivity index (χ1n) is 18.3. The van der Waals surface area contributed by atoms with Crippen molar-refractivity contribution in [2.24, 2.45) is 5.92 Å². The molecule has 300 valence electrons. The topological polar surface area (TPSA) is 190 Å². The summed E-state index contributed by atoms with van der Waals surface area (Å²) in [6, 6.07) is 17.7. The zero-order chi connectivity index (χ0) is 40.3. The lowest BCUT2D eigenvalue weighted by molar-refractivity contribution is -0.117. The lowest BCUT2D eigenvalue weighted by atomic mass is 10.0. The number of amides is 3. The molecule has 4 atom stereocenters. The van der Waals surface area contributed by atoms with Gasteiger partial charge in [-0.3, -0.25) is 9.69 Å². The van der Waals surface area contributed by atoms with Gasteiger partial charge in [-0.2, -0.15) is 4.31 Å². The molecule has 14 nitrogen and oxygen atoms in total. The minimum Gasteiger partial charge on any atom is -0.446 e. The van der Waals surface area contributed by atoms with Gasteiger partial charge >= 0.3 is 12.2 Å². The van der Waals surface area contributed by atoms with Crippen LogP contribution in [0.5, 0.6) is 0 Å². The summed E-state index contributed by atoms with van der Waals surface area (Å²) in [5.74, 6) is -0.761. The molecule has 5 rings (SSSR count). The zero-order valence-electron chi connectivity index (χ0n) is 31.8. The van der Waals surface area contributed by atoms with E-state index in [0.29, 0.717) is 49.5 Å². The molecule has 2 aliphatic heterocycles.